The van der Waals surface area contributed by atoms with Gasteiger partial charge in [0.2, 0.25) is 52.9 Å². The standard InChI is InChI=1S/C91H127ClN28O21/c1-57-48-70(120(133)65-19-17-62(92)18-20-65)66-49-61(16-21-69(66)119(57)58(2)121)59-12-14-60(15-13-59)82(125)101-30-32-134-34-36-136-38-40-138-42-44-140-46-47-141-45-43-139-41-39-137-37-35-135-33-31-102-87(130)79-111-73(54-116(79)5)108-77(123)23-28-99-85(128)71-50-64(53-114(71)3)106-89(132)81-113-75(56-118(81)7)110-78(124)24-29-100-86(129)72-51-63(52-115(72)4)105-88(131)80-112-74(55-117(80)6)109-76(122)22-27-98-84(127)68(11-9-26-104-91(96)97)107-83(126)67(93)10-8-25-103-90(94)95/h12-21,49-57,67-68,70,133H,8-11,22-48,93H2,1-7H3,(H,98,127)(H,99,128)(H,100,129)(H,101,125)(H,102,130)(H,105,131)(H,106,132)(H,107,126)(H,108,123)(H,109,122)(H,110,124)(H4,94,95,103)(H4,96,97,104)/t57-,67-,68-,70+/m0/s1. The van der Waals surface area contributed by atoms with Crippen LogP contribution in [0.3, 0.4) is 0 Å². The fraction of sp³-hybridized carbons (Fsp3) is 0.462. The molecule has 0 bridgehead atoms. The van der Waals surface area contributed by atoms with Gasteiger partial charge in [-0.3, -0.25) is 73.6 Å². The smallest absolute Gasteiger partial charge is 0.291 e. The number of nitrogens with zero attached hydrogens (tertiary/aromatic N) is 10. The van der Waals surface area contributed by atoms with Gasteiger partial charge in [-0.2, -0.15) is 0 Å². The van der Waals surface area contributed by atoms with Crippen molar-refractivity contribution in [2.24, 2.45) is 52.4 Å². The molecular formula is C91H127ClN28O21. The number of ether oxygens (including phenoxy) is 8. The predicted octanol–water partition coefficient (Wildman–Crippen LogP) is 2.06. The summed E-state index contributed by atoms with van der Waals surface area (Å²) in [5.41, 5.74) is 21.8. The van der Waals surface area contributed by atoms with Gasteiger partial charge in [0.15, 0.2) is 29.4 Å². The summed E-state index contributed by atoms with van der Waals surface area (Å²) in [7, 11) is 7.79. The lowest BCUT2D eigenvalue weighted by molar-refractivity contribution is -0.130. The van der Waals surface area contributed by atoms with E-state index in [1.165, 1.54) is 92.0 Å². The molecule has 0 fully saturated rings. The third-order valence-electron chi connectivity index (χ3n) is 21.4. The first-order valence-corrected chi connectivity index (χ1v) is 46.0. The minimum absolute atomic E-state index is 0.0229. The molecule has 5 aromatic heterocycles. The van der Waals surface area contributed by atoms with Crippen molar-refractivity contribution in [3.8, 4) is 11.1 Å². The lowest BCUT2D eigenvalue weighted by atomic mass is 9.88. The molecule has 1 aliphatic rings. The average molecular weight is 1980 g/mol. The van der Waals surface area contributed by atoms with E-state index < -0.39 is 77.2 Å². The summed E-state index contributed by atoms with van der Waals surface area (Å²) in [6, 6.07) is 20.3. The normalized spacial score (nSPS) is 13.0. The highest BCUT2D eigenvalue weighted by atomic mass is 35.5. The number of aromatic nitrogens is 8. The molecular weight excluding hydrogens is 1860 g/mol. The van der Waals surface area contributed by atoms with Crippen LogP contribution < -0.4 is 96.3 Å². The minimum Gasteiger partial charge on any atom is -0.377 e. The molecule has 764 valence electrons. The number of guanidine groups is 2. The molecule has 3 aromatic carbocycles. The SMILES string of the molecule is CC(=O)N1c2ccc(-c3ccc(C(=O)NCCOCCOCCOCCOCCOCCOCCOCCOCCNC(=O)c4nc(NC(=O)CCNC(=O)c5cc(NC(=O)c6nc(NC(=O)CCNC(=O)c7cc(NC(=O)c8nc(NC(=O)CCNC(=O)[C@H](CCCNC(=N)N)NC(=O)[C@@H](N)CCCNC(=N)N)cn8C)cn7C)cn6C)cn5C)cn4C)cc3)cc2[C@H](N(O)c2ccc(Cl)cc2)C[C@@H]1C. The van der Waals surface area contributed by atoms with E-state index in [9.17, 15) is 62.7 Å². The molecule has 50 heteroatoms. The van der Waals surface area contributed by atoms with Gasteiger partial charge >= 0.3 is 0 Å². The van der Waals surface area contributed by atoms with Gasteiger partial charge < -0.3 is 152 Å². The van der Waals surface area contributed by atoms with Crippen LogP contribution in [0.2, 0.25) is 5.02 Å². The summed E-state index contributed by atoms with van der Waals surface area (Å²) in [5, 5.41) is 62.4. The molecule has 8 aromatic rings. The molecule has 0 saturated carbocycles. The highest BCUT2D eigenvalue weighted by molar-refractivity contribution is 6.30. The van der Waals surface area contributed by atoms with Crippen molar-refractivity contribution >= 4 is 135 Å². The Morgan fingerprint density at radius 3 is 1.26 bits per heavy atom. The second-order valence-electron chi connectivity index (χ2n) is 32.4. The maximum Gasteiger partial charge on any atom is 0.291 e. The molecule has 0 aliphatic carbocycles. The lowest BCUT2D eigenvalue weighted by Gasteiger charge is -2.42. The minimum atomic E-state index is -1.04. The average Bonchev–Trinajstić information content (AvgIpc) is 1.59. The van der Waals surface area contributed by atoms with E-state index >= 15 is 0 Å². The maximum absolute atomic E-state index is 13.4. The Kier molecular flexibility index (Phi) is 44.9. The summed E-state index contributed by atoms with van der Waals surface area (Å²) in [4.78, 5) is 172. The number of amides is 12. The van der Waals surface area contributed by atoms with Crippen molar-refractivity contribution in [2.75, 3.05) is 188 Å². The molecule has 6 heterocycles. The number of carbonyl (C=O) groups is 12. The highest BCUT2D eigenvalue weighted by Gasteiger charge is 2.37. The van der Waals surface area contributed by atoms with Crippen molar-refractivity contribution in [1.29, 1.82) is 10.8 Å². The highest BCUT2D eigenvalue weighted by Crippen LogP contribution is 2.44. The van der Waals surface area contributed by atoms with Crippen molar-refractivity contribution in [2.45, 2.75) is 89.4 Å². The van der Waals surface area contributed by atoms with Crippen LogP contribution in [0, 0.1) is 10.8 Å². The number of nitrogens with two attached hydrogens (primary N) is 3. The predicted molar refractivity (Wildman–Crippen MR) is 521 cm³/mol. The number of aryl methyl sites for hydroxylation is 5. The zero-order chi connectivity index (χ0) is 102. The summed E-state index contributed by atoms with van der Waals surface area (Å²) in [6.07, 6.45) is 8.31. The molecule has 0 spiro atoms. The van der Waals surface area contributed by atoms with Crippen molar-refractivity contribution in [1.82, 2.24) is 80.3 Å². The van der Waals surface area contributed by atoms with E-state index in [1.54, 1.807) is 62.4 Å². The van der Waals surface area contributed by atoms with Gasteiger partial charge in [0.05, 0.1) is 135 Å². The van der Waals surface area contributed by atoms with Crippen LogP contribution in [0.25, 0.3) is 11.1 Å². The quantitative estimate of drug-likeness (QED) is 0.0112. The summed E-state index contributed by atoms with van der Waals surface area (Å²) < 4.78 is 51.7. The van der Waals surface area contributed by atoms with Gasteiger partial charge in [0.1, 0.15) is 17.4 Å². The van der Waals surface area contributed by atoms with Gasteiger partial charge in [0.25, 0.3) is 35.4 Å². The number of anilines is 7. The molecule has 49 nitrogen and oxygen atoms in total. The molecule has 0 unspecified atom stereocenters. The summed E-state index contributed by atoms with van der Waals surface area (Å²) >= 11 is 6.12. The lowest BCUT2D eigenvalue weighted by Crippen LogP contribution is -2.52. The van der Waals surface area contributed by atoms with Crippen LogP contribution in [0.1, 0.15) is 140 Å². The van der Waals surface area contributed by atoms with Crippen molar-refractivity contribution in [3.63, 3.8) is 0 Å². The van der Waals surface area contributed by atoms with E-state index in [1.807, 2.05) is 37.3 Å². The molecule has 141 heavy (non-hydrogen) atoms. The second-order valence-corrected chi connectivity index (χ2v) is 32.9. The van der Waals surface area contributed by atoms with Gasteiger partial charge in [-0.1, -0.05) is 29.8 Å². The number of benzene rings is 3. The van der Waals surface area contributed by atoms with E-state index in [4.69, 9.17) is 77.5 Å². The summed E-state index contributed by atoms with van der Waals surface area (Å²) in [5.74, 6) is -6.60. The Morgan fingerprint density at radius 1 is 0.447 bits per heavy atom. The van der Waals surface area contributed by atoms with Gasteiger partial charge in [-0.25, -0.2) is 20.0 Å². The van der Waals surface area contributed by atoms with E-state index in [0.29, 0.717) is 141 Å². The number of imidazole rings is 3. The number of hydrogen-bond donors (Lipinski definition) is 19. The fourth-order valence-electron chi connectivity index (χ4n) is 14.5. The topological polar surface area (TPSA) is 651 Å². The Bertz CT molecular complexity index is 5550. The fourth-order valence-corrected chi connectivity index (χ4v) is 14.6. The number of hydrogen-bond acceptors (Lipinski definition) is 28. The first-order valence-electron chi connectivity index (χ1n) is 45.7. The third kappa shape index (κ3) is 36.5. The molecule has 9 rings (SSSR count). The van der Waals surface area contributed by atoms with Crippen molar-refractivity contribution in [3.05, 3.63) is 155 Å². The number of rotatable bonds is 61. The van der Waals surface area contributed by atoms with Crippen LogP contribution in [-0.2, 0) is 102 Å². The molecule has 0 saturated heterocycles. The van der Waals surface area contributed by atoms with Crippen molar-refractivity contribution < 1.29 is 101 Å². The first-order chi connectivity index (χ1) is 67.7. The molecule has 4 atom stereocenters. The second kappa shape index (κ2) is 57.3. The zero-order valence-corrected chi connectivity index (χ0v) is 80.6. The zero-order valence-electron chi connectivity index (χ0n) is 79.8. The van der Waals surface area contributed by atoms with E-state index in [2.05, 4.69) is 84.1 Å². The molecule has 22 N–H and O–H groups in total. The van der Waals surface area contributed by atoms with Gasteiger partial charge in [-0.15, -0.1) is 0 Å². The molecule has 1 aliphatic heterocycles. The van der Waals surface area contributed by atoms with E-state index in [-0.39, 0.29) is 166 Å². The van der Waals surface area contributed by atoms with Crippen LogP contribution in [0.15, 0.2) is 110 Å². The largest absolute Gasteiger partial charge is 0.377 e. The number of nitrogens with one attached hydrogen (secondary N) is 15. The third-order valence-corrected chi connectivity index (χ3v) is 21.7. The van der Waals surface area contributed by atoms with Crippen LogP contribution >= 0.6 is 11.6 Å². The monoisotopic (exact) mass is 1980 g/mol. The number of halogens is 1. The molecule has 0 radical (unpaired) electrons. The van der Waals surface area contributed by atoms with Gasteiger partial charge in [-0.05, 0) is 111 Å². The summed E-state index contributed by atoms with van der Waals surface area (Å²) in [6.45, 7) is 9.81. The Balaban J connectivity index is 0.537. The van der Waals surface area contributed by atoms with Crippen LogP contribution in [0.5, 0.6) is 0 Å². The van der Waals surface area contributed by atoms with Crippen LogP contribution in [-0.4, -0.2) is 295 Å². The molecule has 12 amide bonds. The maximum atomic E-state index is 13.4. The van der Waals surface area contributed by atoms with Crippen LogP contribution in [0.4, 0.5) is 40.2 Å². The number of hydroxylamine groups is 1. The first kappa shape index (κ1) is 110. The Labute approximate surface area is 818 Å². The van der Waals surface area contributed by atoms with Gasteiger partial charge in [0, 0.05) is 166 Å². The Hall–Kier alpha value is -14.3. The number of fused-ring (bicyclic) bond motifs is 1. The Morgan fingerprint density at radius 2 is 0.837 bits per heavy atom. The number of carbonyl (C=O) groups excluding carboxylic acids is 12. The van der Waals surface area contributed by atoms with E-state index in [0.717, 1.165) is 22.4 Å².